The largest absolute Gasteiger partial charge is 0.479 e. The van der Waals surface area contributed by atoms with Crippen molar-refractivity contribution in [1.82, 2.24) is 20.6 Å². The molecule has 2 aromatic rings. The van der Waals surface area contributed by atoms with Crippen molar-refractivity contribution in [2.45, 2.75) is 31.5 Å². The summed E-state index contributed by atoms with van der Waals surface area (Å²) in [6, 6.07) is 4.56. The minimum absolute atomic E-state index is 0.0697. The number of fused-ring (bicyclic) bond motifs is 1. The van der Waals surface area contributed by atoms with Crippen LogP contribution in [0, 0.1) is 0 Å². The molecule has 1 aliphatic rings. The Morgan fingerprint density at radius 1 is 1.25 bits per heavy atom. The van der Waals surface area contributed by atoms with E-state index in [1.54, 1.807) is 6.07 Å². The number of Topliss-reactive ketones (excluding diaryl/α,β-unsaturated/α-hetero) is 1. The highest BCUT2D eigenvalue weighted by atomic mass is 35.5. The lowest BCUT2D eigenvalue weighted by Gasteiger charge is -2.24. The molecule has 0 unspecified atom stereocenters. The summed E-state index contributed by atoms with van der Waals surface area (Å²) in [5.74, 6) is -1.18. The van der Waals surface area contributed by atoms with Gasteiger partial charge in [-0.25, -0.2) is 13.8 Å². The van der Waals surface area contributed by atoms with E-state index in [9.17, 15) is 28.3 Å². The topological polar surface area (TPSA) is 131 Å². The average Bonchev–Trinajstić information content (AvgIpc) is 2.77. The van der Waals surface area contributed by atoms with Crippen molar-refractivity contribution in [1.29, 1.82) is 0 Å². The zero-order valence-electron chi connectivity index (χ0n) is 16.6. The summed E-state index contributed by atoms with van der Waals surface area (Å²) < 4.78 is 30.5. The molecule has 2 amide bonds. The molecule has 9 nitrogen and oxygen atoms in total. The van der Waals surface area contributed by atoms with Crippen LogP contribution in [0.4, 0.5) is 8.78 Å². The third-order valence-corrected chi connectivity index (χ3v) is 4.81. The second-order valence-corrected chi connectivity index (χ2v) is 7.38. The first-order valence-corrected chi connectivity index (χ1v) is 9.96. The fraction of sp³-hybridized carbons (Fsp3) is 0.350. The van der Waals surface area contributed by atoms with Crippen molar-refractivity contribution >= 4 is 29.2 Å². The Labute approximate surface area is 186 Å². The molecule has 0 fully saturated rings. The molecule has 32 heavy (non-hydrogen) atoms. The zero-order valence-corrected chi connectivity index (χ0v) is 17.3. The predicted octanol–water partition coefficient (Wildman–Crippen LogP) is 1.70. The second-order valence-electron chi connectivity index (χ2n) is 6.95. The molecule has 170 valence electrons. The van der Waals surface area contributed by atoms with E-state index in [4.69, 9.17) is 16.3 Å². The third-order valence-electron chi connectivity index (χ3n) is 4.58. The van der Waals surface area contributed by atoms with Gasteiger partial charge in [-0.2, -0.15) is 0 Å². The Balaban J connectivity index is 1.40. The molecule has 3 N–H and O–H groups in total. The number of alkyl halides is 2. The van der Waals surface area contributed by atoms with Crippen LogP contribution in [0.1, 0.15) is 45.8 Å². The summed E-state index contributed by atoms with van der Waals surface area (Å²) in [5.41, 5.74) is -0.398. The molecular formula is C20H19ClF2N4O5. The molecule has 12 heteroatoms. The van der Waals surface area contributed by atoms with Crippen LogP contribution in [0.5, 0.6) is 5.75 Å². The molecule has 2 atom stereocenters. The van der Waals surface area contributed by atoms with Gasteiger partial charge in [0.1, 0.15) is 17.1 Å². The highest BCUT2D eigenvalue weighted by Gasteiger charge is 2.31. The van der Waals surface area contributed by atoms with Crippen molar-refractivity contribution in [2.24, 2.45) is 0 Å². The van der Waals surface area contributed by atoms with Gasteiger partial charge in [-0.1, -0.05) is 11.6 Å². The first-order valence-electron chi connectivity index (χ1n) is 9.58. The molecular weight excluding hydrogens is 450 g/mol. The maximum Gasteiger partial charge on any atom is 0.281 e. The van der Waals surface area contributed by atoms with Crippen LogP contribution in [0.3, 0.4) is 0 Å². The van der Waals surface area contributed by atoms with Crippen LogP contribution in [-0.4, -0.2) is 58.0 Å². The van der Waals surface area contributed by atoms with Crippen molar-refractivity contribution in [2.75, 3.05) is 13.1 Å². The average molecular weight is 469 g/mol. The third kappa shape index (κ3) is 5.95. The number of nitrogens with zero attached hydrogens (tertiary/aromatic N) is 2. The number of nitrogens with one attached hydrogen (secondary N) is 2. The molecule has 0 spiro atoms. The monoisotopic (exact) mass is 468 g/mol. The number of carbonyl (C=O) groups is 3. The van der Waals surface area contributed by atoms with E-state index in [1.807, 2.05) is 0 Å². The van der Waals surface area contributed by atoms with Crippen molar-refractivity contribution in [3.8, 4) is 5.75 Å². The van der Waals surface area contributed by atoms with Crippen molar-refractivity contribution in [3.05, 3.63) is 52.6 Å². The number of benzene rings is 1. The summed E-state index contributed by atoms with van der Waals surface area (Å²) >= 11 is 5.87. The standard InChI is InChI=1S/C20H19ClF2N4O5/c21-10-1-2-16-12(5-10)15(29)6-17(32-16)20(31)24-4-3-11(28)7-27-19(30)14-9-25-13(8-26-14)18(22)23/h1-2,5,8-9,11,17-18,28H,3-4,6-7H2,(H,24,31)(H,27,30)/t11-,17+/m0/s1. The number of amides is 2. The van der Waals surface area contributed by atoms with Gasteiger partial charge in [0.15, 0.2) is 11.9 Å². The summed E-state index contributed by atoms with van der Waals surface area (Å²) in [5, 5.41) is 15.3. The molecule has 3 rings (SSSR count). The van der Waals surface area contributed by atoms with Crippen LogP contribution in [-0.2, 0) is 4.79 Å². The number of aromatic nitrogens is 2. The van der Waals surface area contributed by atoms with E-state index >= 15 is 0 Å². The number of rotatable bonds is 8. The number of ketones is 1. The Kier molecular flexibility index (Phi) is 7.65. The smallest absolute Gasteiger partial charge is 0.281 e. The second kappa shape index (κ2) is 10.4. The Morgan fingerprint density at radius 3 is 2.72 bits per heavy atom. The minimum Gasteiger partial charge on any atom is -0.479 e. The van der Waals surface area contributed by atoms with E-state index in [0.29, 0.717) is 10.6 Å². The van der Waals surface area contributed by atoms with E-state index in [-0.39, 0.29) is 43.2 Å². The minimum atomic E-state index is -2.79. The van der Waals surface area contributed by atoms with Crippen LogP contribution < -0.4 is 15.4 Å². The number of aliphatic hydroxyl groups excluding tert-OH is 1. The lowest BCUT2D eigenvalue weighted by atomic mass is 10.0. The maximum atomic E-state index is 12.5. The van der Waals surface area contributed by atoms with Crippen LogP contribution >= 0.6 is 11.6 Å². The summed E-state index contributed by atoms with van der Waals surface area (Å²) in [7, 11) is 0. The molecule has 0 bridgehead atoms. The maximum absolute atomic E-state index is 12.5. The van der Waals surface area contributed by atoms with Crippen LogP contribution in [0.15, 0.2) is 30.6 Å². The quantitative estimate of drug-likeness (QED) is 0.537. The molecule has 1 aliphatic heterocycles. The van der Waals surface area contributed by atoms with E-state index in [1.165, 1.54) is 12.1 Å². The van der Waals surface area contributed by atoms with Gasteiger partial charge in [0.2, 0.25) is 0 Å². The highest BCUT2D eigenvalue weighted by Crippen LogP contribution is 2.30. The predicted molar refractivity (Wildman–Crippen MR) is 108 cm³/mol. The Morgan fingerprint density at radius 2 is 2.03 bits per heavy atom. The summed E-state index contributed by atoms with van der Waals surface area (Å²) in [6.45, 7) is -0.0835. The molecule has 0 saturated heterocycles. The zero-order chi connectivity index (χ0) is 23.3. The molecule has 1 aromatic carbocycles. The SMILES string of the molecule is O=C(NC[C@@H](O)CCNC(=O)[C@H]1CC(=O)c2cc(Cl)ccc2O1)c1cnc(C(F)F)cn1. The molecule has 1 aromatic heterocycles. The Bertz CT molecular complexity index is 1010. The summed E-state index contributed by atoms with van der Waals surface area (Å²) in [4.78, 5) is 43.5. The lowest BCUT2D eigenvalue weighted by molar-refractivity contribution is -0.128. The molecule has 0 saturated carbocycles. The number of aliphatic hydroxyl groups is 1. The van der Waals surface area contributed by atoms with E-state index in [0.717, 1.165) is 12.4 Å². The van der Waals surface area contributed by atoms with Gasteiger partial charge in [0, 0.05) is 18.1 Å². The fourth-order valence-corrected chi connectivity index (χ4v) is 3.06. The van der Waals surface area contributed by atoms with Gasteiger partial charge < -0.3 is 20.5 Å². The number of hydrogen-bond acceptors (Lipinski definition) is 7. The van der Waals surface area contributed by atoms with E-state index < -0.39 is 36.1 Å². The number of halogens is 3. The van der Waals surface area contributed by atoms with Gasteiger partial charge in [0.05, 0.1) is 30.5 Å². The lowest BCUT2D eigenvalue weighted by Crippen LogP contribution is -2.43. The van der Waals surface area contributed by atoms with Gasteiger partial charge in [-0.15, -0.1) is 0 Å². The van der Waals surface area contributed by atoms with Crippen molar-refractivity contribution in [3.63, 3.8) is 0 Å². The Hall–Kier alpha value is -3.18. The number of hydrogen-bond donors (Lipinski definition) is 3. The fourth-order valence-electron chi connectivity index (χ4n) is 2.89. The van der Waals surface area contributed by atoms with Crippen LogP contribution in [0.25, 0.3) is 0 Å². The van der Waals surface area contributed by atoms with Crippen molar-refractivity contribution < 1.29 is 33.0 Å². The molecule has 2 heterocycles. The van der Waals surface area contributed by atoms with Gasteiger partial charge in [-0.3, -0.25) is 19.4 Å². The highest BCUT2D eigenvalue weighted by molar-refractivity contribution is 6.31. The molecule has 0 radical (unpaired) electrons. The van der Waals surface area contributed by atoms with Gasteiger partial charge in [-0.05, 0) is 24.6 Å². The number of ether oxygens (including phenoxy) is 1. The normalized spacial score (nSPS) is 16.2. The first-order chi connectivity index (χ1) is 15.2. The first kappa shape index (κ1) is 23.5. The van der Waals surface area contributed by atoms with Crippen LogP contribution in [0.2, 0.25) is 5.02 Å². The van der Waals surface area contributed by atoms with Gasteiger partial charge >= 0.3 is 0 Å². The molecule has 0 aliphatic carbocycles. The van der Waals surface area contributed by atoms with Gasteiger partial charge in [0.25, 0.3) is 18.2 Å². The number of carbonyl (C=O) groups excluding carboxylic acids is 3. The van der Waals surface area contributed by atoms with E-state index in [2.05, 4.69) is 20.6 Å². The summed E-state index contributed by atoms with van der Waals surface area (Å²) in [6.07, 6.45) is -3.09.